The van der Waals surface area contributed by atoms with Gasteiger partial charge in [-0.15, -0.1) is 0 Å². The van der Waals surface area contributed by atoms with E-state index < -0.39 is 0 Å². The van der Waals surface area contributed by atoms with Gasteiger partial charge in [0.15, 0.2) is 11.6 Å². The van der Waals surface area contributed by atoms with Crippen molar-refractivity contribution in [3.05, 3.63) is 188 Å². The maximum Gasteiger partial charge on any atom is 0.238 e. The largest absolute Gasteiger partial charge is 0.308 e. The Bertz CT molecular complexity index is 3370. The summed E-state index contributed by atoms with van der Waals surface area (Å²) in [5.74, 6) is 1.81. The van der Waals surface area contributed by atoms with Crippen LogP contribution in [0.1, 0.15) is 0 Å². The van der Waals surface area contributed by atoms with Gasteiger partial charge < -0.3 is 4.40 Å². The summed E-state index contributed by atoms with van der Waals surface area (Å²) in [6.45, 7) is 0. The molecule has 0 aliphatic carbocycles. The summed E-state index contributed by atoms with van der Waals surface area (Å²) in [6, 6.07) is 66.6. The predicted molar refractivity (Wildman–Crippen MR) is 231 cm³/mol. The molecule has 5 nitrogen and oxygen atoms in total. The van der Waals surface area contributed by atoms with Crippen LogP contribution < -0.4 is 0 Å². The average Bonchev–Trinajstić information content (AvgIpc) is 3.75. The van der Waals surface area contributed by atoms with Crippen LogP contribution in [0, 0.1) is 0 Å². The number of rotatable bonds is 5. The van der Waals surface area contributed by atoms with Gasteiger partial charge in [0.1, 0.15) is 0 Å². The quantitative estimate of drug-likeness (QED) is 0.178. The lowest BCUT2D eigenvalue weighted by molar-refractivity contribution is 0.954. The van der Waals surface area contributed by atoms with Gasteiger partial charge in [0.2, 0.25) is 5.95 Å². The highest BCUT2D eigenvalue weighted by atomic mass is 15.2. The Morgan fingerprint density at radius 1 is 0.304 bits per heavy atom. The van der Waals surface area contributed by atoms with Crippen molar-refractivity contribution in [2.75, 3.05) is 0 Å². The van der Waals surface area contributed by atoms with Gasteiger partial charge in [-0.2, -0.15) is 9.97 Å². The number of hydrogen-bond donors (Lipinski definition) is 0. The minimum atomic E-state index is 0.577. The molecule has 260 valence electrons. The van der Waals surface area contributed by atoms with Gasteiger partial charge in [-0.3, -0.25) is 4.57 Å². The van der Waals surface area contributed by atoms with E-state index in [4.69, 9.17) is 15.0 Å². The van der Waals surface area contributed by atoms with Gasteiger partial charge >= 0.3 is 0 Å². The summed E-state index contributed by atoms with van der Waals surface area (Å²) in [4.78, 5) is 15.9. The highest BCUT2D eigenvalue weighted by molar-refractivity contribution is 6.33. The smallest absolute Gasteiger partial charge is 0.238 e. The van der Waals surface area contributed by atoms with E-state index in [9.17, 15) is 0 Å². The summed E-state index contributed by atoms with van der Waals surface area (Å²) in [5, 5.41) is 7.25. The molecule has 8 aromatic carbocycles. The third kappa shape index (κ3) is 4.52. The number of hydrogen-bond acceptors (Lipinski definition) is 3. The molecule has 0 unspecified atom stereocenters. The highest BCUT2D eigenvalue weighted by Crippen LogP contribution is 2.45. The first kappa shape index (κ1) is 30.8. The van der Waals surface area contributed by atoms with Crippen molar-refractivity contribution >= 4 is 59.9 Å². The molecule has 4 heterocycles. The van der Waals surface area contributed by atoms with E-state index in [-0.39, 0.29) is 0 Å². The maximum absolute atomic E-state index is 5.36. The first-order chi connectivity index (χ1) is 27.8. The zero-order valence-electron chi connectivity index (χ0n) is 30.1. The van der Waals surface area contributed by atoms with E-state index in [1.165, 1.54) is 48.9 Å². The molecule has 0 aliphatic rings. The normalized spacial score (nSPS) is 11.9. The van der Waals surface area contributed by atoms with Crippen LogP contribution in [0.25, 0.3) is 111 Å². The van der Waals surface area contributed by atoms with Gasteiger partial charge in [0, 0.05) is 38.1 Å². The van der Waals surface area contributed by atoms with Crippen LogP contribution in [0.2, 0.25) is 0 Å². The standard InChI is InChI=1S/C51H31N5/c1-3-14-32(15-4-1)34-18-11-20-36(30-34)49-52-50(37-21-12-19-35(31-37)33-16-5-2-6-17-33)54-51(53-49)56-44-27-13-24-40-38-22-7-9-25-42(38)55-43-26-10-8-23-39(43)41-28-29-45(56)47(46(40)44)48(41)55/h1-31H. The van der Waals surface area contributed by atoms with Gasteiger partial charge in [-0.05, 0) is 64.0 Å². The van der Waals surface area contributed by atoms with Crippen LogP contribution in [0.5, 0.6) is 0 Å². The molecule has 56 heavy (non-hydrogen) atoms. The molecule has 0 atom stereocenters. The zero-order valence-corrected chi connectivity index (χ0v) is 30.1. The fourth-order valence-corrected chi connectivity index (χ4v) is 8.85. The third-order valence-electron chi connectivity index (χ3n) is 11.3. The average molecular weight is 714 g/mol. The molecule has 0 saturated carbocycles. The highest BCUT2D eigenvalue weighted by Gasteiger charge is 2.24. The molecule has 0 saturated heterocycles. The predicted octanol–water partition coefficient (Wildman–Crippen LogP) is 12.8. The summed E-state index contributed by atoms with van der Waals surface area (Å²) in [6.07, 6.45) is 0. The third-order valence-corrected chi connectivity index (χ3v) is 11.3. The maximum atomic E-state index is 5.36. The molecule has 12 aromatic rings. The van der Waals surface area contributed by atoms with Crippen LogP contribution in [-0.4, -0.2) is 23.9 Å². The van der Waals surface area contributed by atoms with Crippen LogP contribution in [0.3, 0.4) is 0 Å². The lowest BCUT2D eigenvalue weighted by Gasteiger charge is -2.12. The second kappa shape index (κ2) is 11.9. The van der Waals surface area contributed by atoms with E-state index >= 15 is 0 Å². The van der Waals surface area contributed by atoms with Gasteiger partial charge in [0.25, 0.3) is 0 Å². The Labute approximate surface area is 321 Å². The summed E-state index contributed by atoms with van der Waals surface area (Å²) in [7, 11) is 0. The number of para-hydroxylation sites is 2. The Balaban J connectivity index is 1.19. The van der Waals surface area contributed by atoms with Crippen molar-refractivity contribution in [2.24, 2.45) is 0 Å². The van der Waals surface area contributed by atoms with Crippen molar-refractivity contribution in [3.8, 4) is 51.0 Å². The number of fused-ring (bicyclic) bond motifs is 6. The minimum Gasteiger partial charge on any atom is -0.308 e. The van der Waals surface area contributed by atoms with Crippen molar-refractivity contribution in [3.63, 3.8) is 0 Å². The molecule has 0 aliphatic heterocycles. The first-order valence-electron chi connectivity index (χ1n) is 19.0. The second-order valence-corrected chi connectivity index (χ2v) is 14.4. The van der Waals surface area contributed by atoms with E-state index in [1.807, 2.05) is 12.1 Å². The molecule has 5 heteroatoms. The number of nitrogens with zero attached hydrogens (tertiary/aromatic N) is 5. The Morgan fingerprint density at radius 2 is 0.768 bits per heavy atom. The molecule has 0 bridgehead atoms. The fourth-order valence-electron chi connectivity index (χ4n) is 8.85. The van der Waals surface area contributed by atoms with Crippen LogP contribution in [0.15, 0.2) is 188 Å². The molecule has 4 aromatic heterocycles. The van der Waals surface area contributed by atoms with Crippen LogP contribution >= 0.6 is 0 Å². The van der Waals surface area contributed by atoms with Crippen molar-refractivity contribution < 1.29 is 0 Å². The first-order valence-corrected chi connectivity index (χ1v) is 19.0. The molecule has 12 rings (SSSR count). The minimum absolute atomic E-state index is 0.577. The van der Waals surface area contributed by atoms with E-state index in [2.05, 4.69) is 185 Å². The van der Waals surface area contributed by atoms with Crippen molar-refractivity contribution in [2.45, 2.75) is 0 Å². The Hall–Kier alpha value is -7.63. The monoisotopic (exact) mass is 713 g/mol. The molecule has 0 radical (unpaired) electrons. The summed E-state index contributed by atoms with van der Waals surface area (Å²) >= 11 is 0. The molecule has 0 N–H and O–H groups in total. The van der Waals surface area contributed by atoms with E-state index in [0.717, 1.165) is 44.4 Å². The summed E-state index contributed by atoms with van der Waals surface area (Å²) < 4.78 is 4.71. The van der Waals surface area contributed by atoms with Crippen molar-refractivity contribution in [1.29, 1.82) is 0 Å². The molecule has 0 spiro atoms. The second-order valence-electron chi connectivity index (χ2n) is 14.4. The molecule has 0 amide bonds. The Morgan fingerprint density at radius 3 is 1.39 bits per heavy atom. The van der Waals surface area contributed by atoms with Gasteiger partial charge in [0.05, 0.1) is 27.6 Å². The molecular weight excluding hydrogens is 683 g/mol. The Kier molecular flexibility index (Phi) is 6.56. The van der Waals surface area contributed by atoms with Crippen molar-refractivity contribution in [1.82, 2.24) is 23.9 Å². The topological polar surface area (TPSA) is 48.0 Å². The fraction of sp³-hybridized carbons (Fsp3) is 0. The number of benzene rings is 8. The lowest BCUT2D eigenvalue weighted by atomic mass is 10.0. The zero-order chi connectivity index (χ0) is 36.7. The SMILES string of the molecule is c1ccc(-c2cccc(-c3nc(-c4cccc(-c5ccccc5)c4)nc(-n4c5cccc6c7ccccc7n7c8ccccc8c8ccc4c(c65)c87)n3)c2)cc1. The lowest BCUT2D eigenvalue weighted by Crippen LogP contribution is -2.06. The van der Waals surface area contributed by atoms with Crippen LogP contribution in [0.4, 0.5) is 0 Å². The van der Waals surface area contributed by atoms with Crippen LogP contribution in [-0.2, 0) is 0 Å². The van der Waals surface area contributed by atoms with Gasteiger partial charge in [-0.25, -0.2) is 4.98 Å². The molecular formula is C51H31N5. The summed E-state index contributed by atoms with van der Waals surface area (Å²) in [5.41, 5.74) is 12.0. The van der Waals surface area contributed by atoms with Gasteiger partial charge in [-0.1, -0.05) is 152 Å². The molecule has 0 fully saturated rings. The number of aromatic nitrogens is 5. The van der Waals surface area contributed by atoms with E-state index in [1.54, 1.807) is 0 Å². The van der Waals surface area contributed by atoms with E-state index in [0.29, 0.717) is 17.6 Å².